The number of halogens is 3. The lowest BCUT2D eigenvalue weighted by atomic mass is 9.95. The molecule has 0 bridgehead atoms. The van der Waals surface area contributed by atoms with Gasteiger partial charge in [-0.3, -0.25) is 4.79 Å². The summed E-state index contributed by atoms with van der Waals surface area (Å²) in [6, 6.07) is 3.10. The molecular weight excluding hydrogens is 413 g/mol. The van der Waals surface area contributed by atoms with Crippen molar-refractivity contribution in [2.45, 2.75) is 79.8 Å². The van der Waals surface area contributed by atoms with Gasteiger partial charge in [0.25, 0.3) is 0 Å². The van der Waals surface area contributed by atoms with Gasteiger partial charge in [-0.25, -0.2) is 0 Å². The van der Waals surface area contributed by atoms with Gasteiger partial charge in [0.1, 0.15) is 12.4 Å². The van der Waals surface area contributed by atoms with E-state index in [0.717, 1.165) is 43.4 Å². The molecule has 0 aliphatic rings. The minimum Gasteiger partial charge on any atom is -0.489 e. The molecule has 1 aromatic carbocycles. The van der Waals surface area contributed by atoms with E-state index in [-0.39, 0.29) is 29.6 Å². The second-order valence-corrected chi connectivity index (χ2v) is 8.65. The molecule has 1 aromatic rings. The van der Waals surface area contributed by atoms with Crippen molar-refractivity contribution >= 4 is 5.78 Å². The summed E-state index contributed by atoms with van der Waals surface area (Å²) in [5.41, 5.74) is 3.16. The van der Waals surface area contributed by atoms with Crippen LogP contribution in [0.1, 0.15) is 89.6 Å². The minimum absolute atomic E-state index is 0.0100. The molecule has 0 aromatic heterocycles. The molecule has 0 fully saturated rings. The van der Waals surface area contributed by atoms with Crippen molar-refractivity contribution in [3.63, 3.8) is 0 Å². The Morgan fingerprint density at radius 1 is 1.00 bits per heavy atom. The minimum atomic E-state index is -4.49. The van der Waals surface area contributed by atoms with Crippen LogP contribution in [0.3, 0.4) is 0 Å². The Labute approximate surface area is 191 Å². The fraction of sp³-hybridized carbons (Fsp3) is 0.519. The van der Waals surface area contributed by atoms with Crippen LogP contribution in [0.2, 0.25) is 0 Å². The van der Waals surface area contributed by atoms with E-state index in [1.807, 2.05) is 19.9 Å². The number of allylic oxidation sites excluding steroid dienone is 5. The van der Waals surface area contributed by atoms with Crippen molar-refractivity contribution in [2.75, 3.05) is 6.61 Å². The van der Waals surface area contributed by atoms with Gasteiger partial charge in [-0.15, -0.1) is 0 Å². The van der Waals surface area contributed by atoms with Crippen LogP contribution < -0.4 is 4.74 Å². The van der Waals surface area contributed by atoms with E-state index in [1.165, 1.54) is 17.2 Å². The van der Waals surface area contributed by atoms with E-state index < -0.39 is 11.7 Å². The molecule has 1 atom stereocenters. The Hall–Kier alpha value is -2.30. The molecule has 2 nitrogen and oxygen atoms in total. The van der Waals surface area contributed by atoms with E-state index >= 15 is 0 Å². The Kier molecular flexibility index (Phi) is 11.5. The number of alkyl halides is 3. The summed E-state index contributed by atoms with van der Waals surface area (Å²) in [7, 11) is 0. The summed E-state index contributed by atoms with van der Waals surface area (Å²) in [5.74, 6) is -0.493. The Morgan fingerprint density at radius 3 is 2.16 bits per heavy atom. The molecular formula is C27H37F3O2. The highest BCUT2D eigenvalue weighted by Crippen LogP contribution is 2.34. The highest BCUT2D eigenvalue weighted by atomic mass is 19.4. The zero-order chi connectivity index (χ0) is 24.3. The predicted molar refractivity (Wildman–Crippen MR) is 126 cm³/mol. The highest BCUT2D eigenvalue weighted by Gasteiger charge is 2.32. The van der Waals surface area contributed by atoms with Crippen LogP contribution in [0.25, 0.3) is 0 Å². The first-order valence-electron chi connectivity index (χ1n) is 11.3. The molecule has 0 amide bonds. The first kappa shape index (κ1) is 27.7. The molecule has 178 valence electrons. The molecule has 0 aliphatic heterocycles. The van der Waals surface area contributed by atoms with Crippen LogP contribution in [-0.2, 0) is 6.18 Å². The summed E-state index contributed by atoms with van der Waals surface area (Å²) < 4.78 is 45.1. The molecule has 0 N–H and O–H groups in total. The van der Waals surface area contributed by atoms with E-state index in [4.69, 9.17) is 4.74 Å². The van der Waals surface area contributed by atoms with Crippen molar-refractivity contribution in [1.29, 1.82) is 0 Å². The first-order chi connectivity index (χ1) is 15.0. The Morgan fingerprint density at radius 2 is 1.59 bits per heavy atom. The number of carbonyl (C=O) groups excluding carboxylic acids is 1. The molecule has 32 heavy (non-hydrogen) atoms. The Bertz CT molecular complexity index is 841. The molecule has 0 spiro atoms. The summed E-state index contributed by atoms with van der Waals surface area (Å²) in [6.07, 6.45) is 6.29. The van der Waals surface area contributed by atoms with Gasteiger partial charge in [0.2, 0.25) is 0 Å². The molecule has 0 saturated heterocycles. The number of ketones is 1. The first-order valence-corrected chi connectivity index (χ1v) is 11.3. The number of ether oxygens (including phenoxy) is 1. The van der Waals surface area contributed by atoms with E-state index in [9.17, 15) is 18.0 Å². The fourth-order valence-corrected chi connectivity index (χ4v) is 3.09. The number of hydrogen-bond acceptors (Lipinski definition) is 2. The van der Waals surface area contributed by atoms with Crippen LogP contribution in [0, 0.1) is 5.92 Å². The van der Waals surface area contributed by atoms with Crippen LogP contribution >= 0.6 is 0 Å². The van der Waals surface area contributed by atoms with E-state index in [2.05, 4.69) is 32.9 Å². The maximum atomic E-state index is 13.1. The number of benzene rings is 1. The van der Waals surface area contributed by atoms with Crippen molar-refractivity contribution in [3.05, 3.63) is 64.3 Å². The summed E-state index contributed by atoms with van der Waals surface area (Å²) in [5, 5.41) is 0. The third kappa shape index (κ3) is 9.88. The summed E-state index contributed by atoms with van der Waals surface area (Å²) in [4.78, 5) is 12.6. The predicted octanol–water partition coefficient (Wildman–Crippen LogP) is 8.73. The third-order valence-electron chi connectivity index (χ3n) is 5.43. The quantitative estimate of drug-likeness (QED) is 0.235. The van der Waals surface area contributed by atoms with Gasteiger partial charge in [0.15, 0.2) is 5.78 Å². The summed E-state index contributed by atoms with van der Waals surface area (Å²) in [6.45, 7) is 12.1. The number of carbonyl (C=O) groups is 1. The van der Waals surface area contributed by atoms with Crippen molar-refractivity contribution in [1.82, 2.24) is 0 Å². The summed E-state index contributed by atoms with van der Waals surface area (Å²) >= 11 is 0. The van der Waals surface area contributed by atoms with Crippen LogP contribution in [0.4, 0.5) is 13.2 Å². The average Bonchev–Trinajstić information content (AvgIpc) is 2.71. The van der Waals surface area contributed by atoms with Gasteiger partial charge >= 0.3 is 6.18 Å². The van der Waals surface area contributed by atoms with Crippen LogP contribution in [0.5, 0.6) is 5.75 Å². The van der Waals surface area contributed by atoms with E-state index in [1.54, 1.807) is 6.92 Å². The maximum absolute atomic E-state index is 13.1. The standard InChI is InChI=1S/C27H37F3O2/c1-7-22(6)26(31)24-15-14-23(27(28,29)30)18-25(24)32-17-16-21(5)13-9-12-20(4)11-8-10-19(2)3/h10,12,14-16,18,22H,7-9,11,13,17H2,1-6H3/b20-12+,21-16+. The lowest BCUT2D eigenvalue weighted by molar-refractivity contribution is -0.137. The number of rotatable bonds is 12. The molecule has 1 rings (SSSR count). The molecule has 0 aliphatic carbocycles. The average molecular weight is 451 g/mol. The number of Topliss-reactive ketones (excluding diaryl/α,β-unsaturated/α-hetero) is 1. The lowest BCUT2D eigenvalue weighted by Gasteiger charge is -2.15. The number of hydrogen-bond donors (Lipinski definition) is 0. The van der Waals surface area contributed by atoms with E-state index in [0.29, 0.717) is 6.42 Å². The van der Waals surface area contributed by atoms with Gasteiger partial charge in [-0.1, -0.05) is 42.7 Å². The SMILES string of the molecule is CCC(C)C(=O)c1ccc(C(F)(F)F)cc1OC/C=C(\C)CC/C=C(\C)CCC=C(C)C. The molecule has 5 heteroatoms. The normalized spacial score (nSPS) is 13.7. The fourth-order valence-electron chi connectivity index (χ4n) is 3.09. The molecule has 0 heterocycles. The monoisotopic (exact) mass is 450 g/mol. The van der Waals surface area contributed by atoms with Crippen molar-refractivity contribution in [2.24, 2.45) is 5.92 Å². The smallest absolute Gasteiger partial charge is 0.416 e. The van der Waals surface area contributed by atoms with Gasteiger partial charge in [0.05, 0.1) is 11.1 Å². The third-order valence-corrected chi connectivity index (χ3v) is 5.43. The zero-order valence-corrected chi connectivity index (χ0v) is 20.2. The second-order valence-electron chi connectivity index (χ2n) is 8.65. The Balaban J connectivity index is 2.79. The van der Waals surface area contributed by atoms with Crippen molar-refractivity contribution < 1.29 is 22.7 Å². The van der Waals surface area contributed by atoms with Gasteiger partial charge < -0.3 is 4.74 Å². The molecule has 0 saturated carbocycles. The van der Waals surface area contributed by atoms with Gasteiger partial charge in [-0.2, -0.15) is 13.2 Å². The molecule has 0 radical (unpaired) electrons. The highest BCUT2D eigenvalue weighted by molar-refractivity contribution is 6.00. The van der Waals surface area contributed by atoms with Crippen LogP contribution in [0.15, 0.2) is 53.1 Å². The van der Waals surface area contributed by atoms with Gasteiger partial charge in [0, 0.05) is 5.92 Å². The van der Waals surface area contributed by atoms with Crippen LogP contribution in [-0.4, -0.2) is 12.4 Å². The largest absolute Gasteiger partial charge is 0.489 e. The lowest BCUT2D eigenvalue weighted by Crippen LogP contribution is -2.14. The topological polar surface area (TPSA) is 26.3 Å². The molecule has 1 unspecified atom stereocenters. The maximum Gasteiger partial charge on any atom is 0.416 e. The zero-order valence-electron chi connectivity index (χ0n) is 20.2. The van der Waals surface area contributed by atoms with Gasteiger partial charge in [-0.05, 0) is 84.1 Å². The van der Waals surface area contributed by atoms with Crippen molar-refractivity contribution in [3.8, 4) is 5.75 Å². The second kappa shape index (κ2) is 13.3.